The molecule has 1 fully saturated rings. The van der Waals surface area contributed by atoms with Gasteiger partial charge in [0.2, 0.25) is 5.91 Å². The first-order chi connectivity index (χ1) is 16.1. The van der Waals surface area contributed by atoms with E-state index < -0.39 is 0 Å². The van der Waals surface area contributed by atoms with Crippen molar-refractivity contribution in [3.8, 4) is 11.8 Å². The van der Waals surface area contributed by atoms with E-state index in [1.54, 1.807) is 24.3 Å². The first-order valence-electron chi connectivity index (χ1n) is 10.7. The largest absolute Gasteiger partial charge is 0.491 e. The van der Waals surface area contributed by atoms with Crippen LogP contribution in [0.15, 0.2) is 72.8 Å². The van der Waals surface area contributed by atoms with E-state index in [0.29, 0.717) is 29.4 Å². The van der Waals surface area contributed by atoms with Gasteiger partial charge in [-0.25, -0.2) is 0 Å². The van der Waals surface area contributed by atoms with E-state index in [1.807, 2.05) is 53.4 Å². The fourth-order valence-electron chi connectivity index (χ4n) is 4.03. The number of halogens is 1. The van der Waals surface area contributed by atoms with Gasteiger partial charge in [0, 0.05) is 23.8 Å². The maximum atomic E-state index is 13.4. The second kappa shape index (κ2) is 10.5. The fraction of sp³-hybridized carbons (Fsp3) is 0.231. The number of amides is 1. The van der Waals surface area contributed by atoms with Crippen LogP contribution in [-0.2, 0) is 11.3 Å². The van der Waals surface area contributed by atoms with Crippen LogP contribution in [0.5, 0.6) is 5.75 Å². The van der Waals surface area contributed by atoms with Crippen molar-refractivity contribution in [3.63, 3.8) is 0 Å². The third-order valence-corrected chi connectivity index (χ3v) is 5.84. The van der Waals surface area contributed by atoms with Crippen LogP contribution < -0.4 is 9.64 Å². The van der Waals surface area contributed by atoms with Crippen LogP contribution in [-0.4, -0.2) is 42.2 Å². The van der Waals surface area contributed by atoms with Crippen LogP contribution in [0.25, 0.3) is 0 Å². The topological polar surface area (TPSA) is 76.8 Å². The van der Waals surface area contributed by atoms with E-state index in [2.05, 4.69) is 11.0 Å². The lowest BCUT2D eigenvalue weighted by Crippen LogP contribution is -2.52. The Morgan fingerprint density at radius 3 is 2.36 bits per heavy atom. The minimum absolute atomic E-state index is 0.00104. The molecule has 0 unspecified atom stereocenters. The lowest BCUT2D eigenvalue weighted by atomic mass is 10.00. The lowest BCUT2D eigenvalue weighted by molar-refractivity contribution is -0.122. The second-order valence-electron chi connectivity index (χ2n) is 7.88. The van der Waals surface area contributed by atoms with Crippen molar-refractivity contribution in [1.82, 2.24) is 4.90 Å². The van der Waals surface area contributed by atoms with Gasteiger partial charge in [-0.3, -0.25) is 9.69 Å². The van der Waals surface area contributed by atoms with Gasteiger partial charge in [0.15, 0.2) is 0 Å². The zero-order valence-electron chi connectivity index (χ0n) is 18.0. The van der Waals surface area contributed by atoms with E-state index in [9.17, 15) is 4.79 Å². The van der Waals surface area contributed by atoms with E-state index in [-0.39, 0.29) is 31.7 Å². The predicted octanol–water partition coefficient (Wildman–Crippen LogP) is 4.17. The Kier molecular flexibility index (Phi) is 7.26. The molecule has 7 heteroatoms. The number of piperazine rings is 1. The number of aliphatic hydroxyl groups is 1. The number of anilines is 1. The Bertz CT molecular complexity index is 1130. The standard InChI is InChI=1S/C26H24ClN3O3/c27-22-7-5-21(6-8-22)25-17-29(16-20-3-1-19(15-28)2-4-20)18-26(32)30(25)23-9-11-24(12-10-23)33-14-13-31/h1-12,25,31H,13-14,16-18H2/t25-/m0/s1. The number of ether oxygens (including phenoxy) is 1. The van der Waals surface area contributed by atoms with Crippen molar-refractivity contribution in [1.29, 1.82) is 5.26 Å². The molecule has 1 N–H and O–H groups in total. The number of rotatable bonds is 7. The first kappa shape index (κ1) is 22.8. The molecule has 3 aromatic carbocycles. The minimum atomic E-state index is -0.189. The number of nitriles is 1. The molecule has 1 aliphatic rings. The number of carbonyl (C=O) groups is 1. The molecule has 4 rings (SSSR count). The van der Waals surface area contributed by atoms with Crippen molar-refractivity contribution in [2.75, 3.05) is 31.2 Å². The summed E-state index contributed by atoms with van der Waals surface area (Å²) in [5.74, 6) is 0.640. The van der Waals surface area contributed by atoms with Gasteiger partial charge in [-0.05, 0) is 59.7 Å². The van der Waals surface area contributed by atoms with Crippen LogP contribution in [0.4, 0.5) is 5.69 Å². The van der Waals surface area contributed by atoms with Crippen molar-refractivity contribution in [2.24, 2.45) is 0 Å². The van der Waals surface area contributed by atoms with Gasteiger partial charge >= 0.3 is 0 Å². The Morgan fingerprint density at radius 1 is 1.03 bits per heavy atom. The van der Waals surface area contributed by atoms with E-state index in [0.717, 1.165) is 16.8 Å². The maximum absolute atomic E-state index is 13.4. The van der Waals surface area contributed by atoms with Crippen molar-refractivity contribution >= 4 is 23.2 Å². The average molecular weight is 462 g/mol. The van der Waals surface area contributed by atoms with E-state index in [4.69, 9.17) is 26.7 Å². The quantitative estimate of drug-likeness (QED) is 0.571. The maximum Gasteiger partial charge on any atom is 0.241 e. The fourth-order valence-corrected chi connectivity index (χ4v) is 4.15. The second-order valence-corrected chi connectivity index (χ2v) is 8.31. The number of benzene rings is 3. The number of hydrogen-bond donors (Lipinski definition) is 1. The first-order valence-corrected chi connectivity index (χ1v) is 11.1. The molecule has 3 aromatic rings. The van der Waals surface area contributed by atoms with Gasteiger partial charge in [0.25, 0.3) is 0 Å². The molecule has 33 heavy (non-hydrogen) atoms. The molecule has 1 atom stereocenters. The Hall–Kier alpha value is -3.37. The normalized spacial score (nSPS) is 16.5. The number of aliphatic hydroxyl groups excluding tert-OH is 1. The summed E-state index contributed by atoms with van der Waals surface area (Å²) in [5, 5.41) is 18.6. The molecule has 0 radical (unpaired) electrons. The highest BCUT2D eigenvalue weighted by Gasteiger charge is 2.34. The zero-order chi connectivity index (χ0) is 23.2. The SMILES string of the molecule is N#Cc1ccc(CN2CC(=O)N(c3ccc(OCCO)cc3)[C@H](c3ccc(Cl)cc3)C2)cc1. The molecular formula is C26H24ClN3O3. The van der Waals surface area contributed by atoms with Gasteiger partial charge in [0.1, 0.15) is 12.4 Å². The van der Waals surface area contributed by atoms with Crippen LogP contribution in [0.2, 0.25) is 5.02 Å². The summed E-state index contributed by atoms with van der Waals surface area (Å²) in [5.41, 5.74) is 3.45. The smallest absolute Gasteiger partial charge is 0.241 e. The Balaban J connectivity index is 1.59. The Morgan fingerprint density at radius 2 is 1.73 bits per heavy atom. The van der Waals surface area contributed by atoms with E-state index >= 15 is 0 Å². The molecule has 168 valence electrons. The van der Waals surface area contributed by atoms with Crippen molar-refractivity contribution in [2.45, 2.75) is 12.6 Å². The number of carbonyl (C=O) groups excluding carboxylic acids is 1. The molecular weight excluding hydrogens is 438 g/mol. The number of nitrogens with zero attached hydrogens (tertiary/aromatic N) is 3. The third kappa shape index (κ3) is 5.52. The summed E-state index contributed by atoms with van der Waals surface area (Å²) in [7, 11) is 0. The zero-order valence-corrected chi connectivity index (χ0v) is 18.8. The molecule has 1 amide bonds. The highest BCUT2D eigenvalue weighted by molar-refractivity contribution is 6.30. The molecule has 1 heterocycles. The molecule has 0 aliphatic carbocycles. The predicted molar refractivity (Wildman–Crippen MR) is 127 cm³/mol. The molecule has 0 saturated carbocycles. The molecule has 1 aliphatic heterocycles. The van der Waals surface area contributed by atoms with Crippen LogP contribution in [0.1, 0.15) is 22.7 Å². The Labute approximate surface area is 198 Å². The minimum Gasteiger partial charge on any atom is -0.491 e. The van der Waals surface area contributed by atoms with Gasteiger partial charge in [0.05, 0.1) is 30.8 Å². The average Bonchev–Trinajstić information content (AvgIpc) is 2.84. The highest BCUT2D eigenvalue weighted by Crippen LogP contribution is 2.33. The van der Waals surface area contributed by atoms with Gasteiger partial charge < -0.3 is 14.7 Å². The van der Waals surface area contributed by atoms with E-state index in [1.165, 1.54) is 0 Å². The van der Waals surface area contributed by atoms with Crippen LogP contribution >= 0.6 is 11.6 Å². The summed E-state index contributed by atoms with van der Waals surface area (Å²) >= 11 is 6.11. The van der Waals surface area contributed by atoms with Gasteiger partial charge in [-0.1, -0.05) is 35.9 Å². The van der Waals surface area contributed by atoms with Crippen molar-refractivity contribution in [3.05, 3.63) is 94.5 Å². The summed E-state index contributed by atoms with van der Waals surface area (Å²) < 4.78 is 5.45. The van der Waals surface area contributed by atoms with Crippen molar-refractivity contribution < 1.29 is 14.6 Å². The molecule has 6 nitrogen and oxygen atoms in total. The third-order valence-electron chi connectivity index (χ3n) is 5.59. The van der Waals surface area contributed by atoms with Gasteiger partial charge in [-0.2, -0.15) is 5.26 Å². The van der Waals surface area contributed by atoms with Gasteiger partial charge in [-0.15, -0.1) is 0 Å². The molecule has 1 saturated heterocycles. The monoisotopic (exact) mass is 461 g/mol. The highest BCUT2D eigenvalue weighted by atomic mass is 35.5. The molecule has 0 aromatic heterocycles. The summed E-state index contributed by atoms with van der Waals surface area (Å²) in [6, 6.07) is 24.3. The van der Waals surface area contributed by atoms with Crippen LogP contribution in [0, 0.1) is 11.3 Å². The van der Waals surface area contributed by atoms with Crippen LogP contribution in [0.3, 0.4) is 0 Å². The molecule has 0 bridgehead atoms. The number of hydrogen-bond acceptors (Lipinski definition) is 5. The lowest BCUT2D eigenvalue weighted by Gasteiger charge is -2.41. The summed E-state index contributed by atoms with van der Waals surface area (Å²) in [6.45, 7) is 1.71. The summed E-state index contributed by atoms with van der Waals surface area (Å²) in [6.07, 6.45) is 0. The molecule has 0 spiro atoms. The summed E-state index contributed by atoms with van der Waals surface area (Å²) in [4.78, 5) is 17.3.